The molecule has 4 heterocycles. The van der Waals surface area contributed by atoms with Gasteiger partial charge >= 0.3 is 0 Å². The summed E-state index contributed by atoms with van der Waals surface area (Å²) in [6.45, 7) is 4.54. The monoisotopic (exact) mass is 437 g/mol. The third-order valence-electron chi connectivity index (χ3n) is 6.57. The third-order valence-corrected chi connectivity index (χ3v) is 6.82. The van der Waals surface area contributed by atoms with Gasteiger partial charge in [-0.3, -0.25) is 4.79 Å². The van der Waals surface area contributed by atoms with Crippen LogP contribution >= 0.6 is 11.6 Å². The van der Waals surface area contributed by atoms with Crippen molar-refractivity contribution in [2.24, 2.45) is 11.8 Å². The van der Waals surface area contributed by atoms with Crippen LogP contribution in [0.3, 0.4) is 0 Å². The van der Waals surface area contributed by atoms with E-state index in [2.05, 4.69) is 22.1 Å². The molecule has 1 saturated carbocycles. The number of rotatable bonds is 5. The summed E-state index contributed by atoms with van der Waals surface area (Å²) in [5.74, 6) is 1.64. The number of piperidine rings is 2. The van der Waals surface area contributed by atoms with Crippen molar-refractivity contribution in [2.75, 3.05) is 6.61 Å². The van der Waals surface area contributed by atoms with E-state index in [1.54, 1.807) is 12.4 Å². The summed E-state index contributed by atoms with van der Waals surface area (Å²) < 4.78 is 6.08. The zero-order valence-electron chi connectivity index (χ0n) is 17.5. The highest BCUT2D eigenvalue weighted by atomic mass is 35.5. The second-order valence-electron chi connectivity index (χ2n) is 8.43. The lowest BCUT2D eigenvalue weighted by atomic mass is 9.64. The molecule has 1 aliphatic carbocycles. The van der Waals surface area contributed by atoms with Crippen molar-refractivity contribution in [3.63, 3.8) is 0 Å². The van der Waals surface area contributed by atoms with Crippen LogP contribution in [0.4, 0.5) is 0 Å². The first-order valence-electron chi connectivity index (χ1n) is 10.6. The molecule has 6 rings (SSSR count). The molecule has 8 heteroatoms. The molecule has 2 bridgehead atoms. The molecule has 7 nitrogen and oxygen atoms in total. The molecule has 2 aliphatic heterocycles. The number of hydrogen-bond acceptors (Lipinski definition) is 5. The summed E-state index contributed by atoms with van der Waals surface area (Å²) in [4.78, 5) is 21.9. The Morgan fingerprint density at radius 3 is 2.55 bits per heavy atom. The van der Waals surface area contributed by atoms with Gasteiger partial charge in [-0.2, -0.15) is 10.2 Å². The normalized spacial score (nSPS) is 24.5. The van der Waals surface area contributed by atoms with Gasteiger partial charge in [0.2, 0.25) is 0 Å². The lowest BCUT2D eigenvalue weighted by Gasteiger charge is -2.57. The summed E-state index contributed by atoms with van der Waals surface area (Å²) in [6.07, 6.45) is 5.25. The van der Waals surface area contributed by atoms with Crippen LogP contribution in [0.5, 0.6) is 5.75 Å². The zero-order chi connectivity index (χ0) is 21.5. The summed E-state index contributed by atoms with van der Waals surface area (Å²) in [6, 6.07) is 11.2. The van der Waals surface area contributed by atoms with E-state index in [1.165, 1.54) is 4.80 Å². The fourth-order valence-electron chi connectivity index (χ4n) is 4.72. The maximum Gasteiger partial charge on any atom is 0.275 e. The first-order chi connectivity index (χ1) is 15.0. The fraction of sp³-hybridized carbons (Fsp3) is 0.391. The SMILES string of the molecule is Cc1ccc(-n2nccn2)c(C(=O)N2C3CC(C3)[C@@H](C)[C@@H]2COc2ccc(Cl)cc2)n1. The molecule has 0 unspecified atom stereocenters. The Bertz CT molecular complexity index is 1080. The van der Waals surface area contributed by atoms with E-state index in [4.69, 9.17) is 16.3 Å². The molecular weight excluding hydrogens is 414 g/mol. The van der Waals surface area contributed by atoms with Gasteiger partial charge in [0.05, 0.1) is 18.4 Å². The van der Waals surface area contributed by atoms with Gasteiger partial charge in [0.1, 0.15) is 18.0 Å². The standard InChI is InChI=1S/C23H24ClN5O2/c1-14-3-8-20(29-25-9-10-26-29)22(27-14)23(30)28-18-11-16(12-18)15(2)21(28)13-31-19-6-4-17(24)5-7-19/h3-10,15-16,18,21H,11-13H2,1-2H3/t15-,16?,18?,21+/m1/s1. The highest BCUT2D eigenvalue weighted by Crippen LogP contribution is 2.47. The van der Waals surface area contributed by atoms with E-state index in [0.717, 1.165) is 24.3 Å². The summed E-state index contributed by atoms with van der Waals surface area (Å²) >= 11 is 5.98. The lowest BCUT2D eigenvalue weighted by molar-refractivity contribution is -0.0673. The van der Waals surface area contributed by atoms with E-state index in [9.17, 15) is 4.79 Å². The number of aryl methyl sites for hydroxylation is 1. The first kappa shape index (κ1) is 20.0. The van der Waals surface area contributed by atoms with Crippen molar-refractivity contribution in [2.45, 2.75) is 38.8 Å². The molecule has 0 spiro atoms. The second-order valence-corrected chi connectivity index (χ2v) is 8.86. The summed E-state index contributed by atoms with van der Waals surface area (Å²) in [5, 5.41) is 9.09. The maximum absolute atomic E-state index is 13.8. The average molecular weight is 438 g/mol. The van der Waals surface area contributed by atoms with E-state index >= 15 is 0 Å². The molecule has 2 atom stereocenters. The molecular formula is C23H24ClN5O2. The highest BCUT2D eigenvalue weighted by molar-refractivity contribution is 6.30. The van der Waals surface area contributed by atoms with Gasteiger partial charge in [-0.25, -0.2) is 4.98 Å². The number of halogens is 1. The molecule has 3 fully saturated rings. The van der Waals surface area contributed by atoms with Crippen LogP contribution < -0.4 is 4.74 Å². The number of nitrogens with zero attached hydrogens (tertiary/aromatic N) is 5. The molecule has 31 heavy (non-hydrogen) atoms. The van der Waals surface area contributed by atoms with Crippen molar-refractivity contribution in [3.8, 4) is 11.4 Å². The smallest absolute Gasteiger partial charge is 0.275 e. The number of carbonyl (C=O) groups is 1. The lowest BCUT2D eigenvalue weighted by Crippen LogP contribution is -2.64. The minimum absolute atomic E-state index is 0.0265. The Morgan fingerprint density at radius 1 is 1.13 bits per heavy atom. The maximum atomic E-state index is 13.8. The molecule has 3 aliphatic rings. The Hall–Kier alpha value is -2.93. The van der Waals surface area contributed by atoms with Crippen LogP contribution in [0.15, 0.2) is 48.8 Å². The number of pyridine rings is 1. The molecule has 0 radical (unpaired) electrons. The zero-order valence-corrected chi connectivity index (χ0v) is 18.2. The number of carbonyl (C=O) groups excluding carboxylic acids is 1. The van der Waals surface area contributed by atoms with Gasteiger partial charge in [-0.15, -0.1) is 4.80 Å². The largest absolute Gasteiger partial charge is 0.491 e. The van der Waals surface area contributed by atoms with Crippen LogP contribution in [0.25, 0.3) is 5.69 Å². The Morgan fingerprint density at radius 2 is 1.84 bits per heavy atom. The van der Waals surface area contributed by atoms with Crippen molar-refractivity contribution in [1.29, 1.82) is 0 Å². The van der Waals surface area contributed by atoms with Crippen molar-refractivity contribution in [3.05, 3.63) is 65.2 Å². The molecule has 3 aromatic rings. The molecule has 2 aromatic heterocycles. The summed E-state index contributed by atoms with van der Waals surface area (Å²) in [5.41, 5.74) is 1.75. The molecule has 1 amide bonds. The van der Waals surface area contributed by atoms with Crippen LogP contribution in [-0.2, 0) is 0 Å². The fourth-order valence-corrected chi connectivity index (χ4v) is 4.84. The van der Waals surface area contributed by atoms with E-state index in [1.807, 2.05) is 48.2 Å². The number of fused-ring (bicyclic) bond motifs is 2. The van der Waals surface area contributed by atoms with Gasteiger partial charge in [-0.05, 0) is 68.0 Å². The Labute approximate surface area is 186 Å². The van der Waals surface area contributed by atoms with Gasteiger partial charge in [0.15, 0.2) is 5.69 Å². The molecule has 160 valence electrons. The molecule has 0 N–H and O–H groups in total. The van der Waals surface area contributed by atoms with Crippen LogP contribution in [0.2, 0.25) is 5.02 Å². The van der Waals surface area contributed by atoms with Crippen molar-refractivity contribution >= 4 is 17.5 Å². The van der Waals surface area contributed by atoms with E-state index < -0.39 is 0 Å². The third kappa shape index (κ3) is 3.67. The predicted octanol–water partition coefficient (Wildman–Crippen LogP) is 3.94. The van der Waals surface area contributed by atoms with Crippen LogP contribution in [-0.4, -0.2) is 49.5 Å². The topological polar surface area (TPSA) is 73.1 Å². The van der Waals surface area contributed by atoms with Crippen LogP contribution in [0, 0.1) is 18.8 Å². The van der Waals surface area contributed by atoms with Gasteiger partial charge in [0, 0.05) is 16.8 Å². The quantitative estimate of drug-likeness (QED) is 0.604. The number of hydrogen-bond donors (Lipinski definition) is 0. The first-order valence-corrected chi connectivity index (χ1v) is 10.9. The number of benzene rings is 1. The Balaban J connectivity index is 1.45. The summed E-state index contributed by atoms with van der Waals surface area (Å²) in [7, 11) is 0. The number of aromatic nitrogens is 4. The van der Waals surface area contributed by atoms with Crippen molar-refractivity contribution in [1.82, 2.24) is 24.9 Å². The van der Waals surface area contributed by atoms with Crippen molar-refractivity contribution < 1.29 is 9.53 Å². The number of ether oxygens (including phenoxy) is 1. The average Bonchev–Trinajstić information content (AvgIpc) is 3.27. The molecule has 1 aromatic carbocycles. The van der Waals surface area contributed by atoms with Crippen LogP contribution in [0.1, 0.15) is 35.9 Å². The minimum atomic E-state index is -0.0873. The Kier molecular flexibility index (Phi) is 5.14. The van der Waals surface area contributed by atoms with Gasteiger partial charge in [-0.1, -0.05) is 18.5 Å². The minimum Gasteiger partial charge on any atom is -0.491 e. The van der Waals surface area contributed by atoms with Gasteiger partial charge in [0.25, 0.3) is 5.91 Å². The second kappa shape index (κ2) is 7.96. The number of amides is 1. The van der Waals surface area contributed by atoms with E-state index in [0.29, 0.717) is 34.8 Å². The van der Waals surface area contributed by atoms with E-state index in [-0.39, 0.29) is 18.0 Å². The molecule has 2 saturated heterocycles. The highest BCUT2D eigenvalue weighted by Gasteiger charge is 2.51. The van der Waals surface area contributed by atoms with Gasteiger partial charge < -0.3 is 9.64 Å². The predicted molar refractivity (Wildman–Crippen MR) is 116 cm³/mol.